The molecule has 0 bridgehead atoms. The maximum absolute atomic E-state index is 12.0. The summed E-state index contributed by atoms with van der Waals surface area (Å²) in [5.74, 6) is 0.644. The molecule has 0 aliphatic rings. The Morgan fingerprint density at radius 1 is 1.32 bits per heavy atom. The lowest BCUT2D eigenvalue weighted by molar-refractivity contribution is 0.0961. The number of aryl methyl sites for hydroxylation is 1. The van der Waals surface area contributed by atoms with E-state index in [2.05, 4.69) is 4.72 Å². The molecule has 0 unspecified atom stereocenters. The molecule has 0 atom stereocenters. The van der Waals surface area contributed by atoms with E-state index in [4.69, 9.17) is 14.6 Å². The highest BCUT2D eigenvalue weighted by atomic mass is 32.2. The van der Waals surface area contributed by atoms with Crippen molar-refractivity contribution in [1.82, 2.24) is 4.72 Å². The molecule has 0 radical (unpaired) electrons. The van der Waals surface area contributed by atoms with E-state index in [1.165, 1.54) is 13.2 Å². The Kier molecular flexibility index (Phi) is 6.23. The number of benzene rings is 1. The number of hydrogen-bond donors (Lipinski definition) is 2. The van der Waals surface area contributed by atoms with Crippen LogP contribution in [0.3, 0.4) is 0 Å². The standard InChI is InChI=1S/C12H19NO5S/c1-10-9-11(3-4-12(10)17-2)19(15,16)13-5-7-18-8-6-14/h3-4,9,13-14H,5-8H2,1-2H3. The van der Waals surface area contributed by atoms with Gasteiger partial charge in [-0.1, -0.05) is 0 Å². The predicted molar refractivity (Wildman–Crippen MR) is 70.8 cm³/mol. The van der Waals surface area contributed by atoms with E-state index in [0.717, 1.165) is 5.56 Å². The molecule has 2 N–H and O–H groups in total. The van der Waals surface area contributed by atoms with Crippen molar-refractivity contribution in [1.29, 1.82) is 0 Å². The second kappa shape index (κ2) is 7.44. The van der Waals surface area contributed by atoms with Crippen LogP contribution in [0.4, 0.5) is 0 Å². The first kappa shape index (κ1) is 15.9. The molecule has 108 valence electrons. The van der Waals surface area contributed by atoms with Crippen LogP contribution in [-0.4, -0.2) is 47.0 Å². The lowest BCUT2D eigenvalue weighted by atomic mass is 10.2. The fraction of sp³-hybridized carbons (Fsp3) is 0.500. The zero-order chi connectivity index (χ0) is 14.3. The summed E-state index contributed by atoms with van der Waals surface area (Å²) in [5.41, 5.74) is 0.752. The fourth-order valence-corrected chi connectivity index (χ4v) is 2.61. The van der Waals surface area contributed by atoms with E-state index in [1.807, 2.05) is 0 Å². The van der Waals surface area contributed by atoms with Crippen molar-refractivity contribution in [3.8, 4) is 5.75 Å². The molecule has 6 nitrogen and oxygen atoms in total. The molecule has 0 aliphatic carbocycles. The lowest BCUT2D eigenvalue weighted by Gasteiger charge is -2.09. The van der Waals surface area contributed by atoms with Gasteiger partial charge in [0.2, 0.25) is 10.0 Å². The summed E-state index contributed by atoms with van der Waals surface area (Å²) in [6.45, 7) is 2.28. The van der Waals surface area contributed by atoms with Crippen molar-refractivity contribution in [2.75, 3.05) is 33.5 Å². The van der Waals surface area contributed by atoms with E-state index >= 15 is 0 Å². The van der Waals surface area contributed by atoms with Crippen LogP contribution in [0.2, 0.25) is 0 Å². The third-order valence-electron chi connectivity index (χ3n) is 2.45. The Bertz CT molecular complexity index is 501. The number of rotatable bonds is 8. The van der Waals surface area contributed by atoms with Crippen molar-refractivity contribution in [3.05, 3.63) is 23.8 Å². The van der Waals surface area contributed by atoms with Gasteiger partial charge in [-0.15, -0.1) is 0 Å². The fourth-order valence-electron chi connectivity index (χ4n) is 1.52. The maximum atomic E-state index is 12.0. The van der Waals surface area contributed by atoms with Crippen LogP contribution in [0, 0.1) is 6.92 Å². The number of hydrogen-bond acceptors (Lipinski definition) is 5. The van der Waals surface area contributed by atoms with Crippen molar-refractivity contribution < 1.29 is 23.0 Å². The van der Waals surface area contributed by atoms with Crippen molar-refractivity contribution in [3.63, 3.8) is 0 Å². The van der Waals surface area contributed by atoms with Gasteiger partial charge in [-0.05, 0) is 30.7 Å². The van der Waals surface area contributed by atoms with Gasteiger partial charge in [0, 0.05) is 6.54 Å². The topological polar surface area (TPSA) is 84.9 Å². The quantitative estimate of drug-likeness (QED) is 0.672. The molecule has 7 heteroatoms. The van der Waals surface area contributed by atoms with Crippen LogP contribution in [0.1, 0.15) is 5.56 Å². The first-order chi connectivity index (χ1) is 9.01. The van der Waals surface area contributed by atoms with Crippen LogP contribution in [0.5, 0.6) is 5.75 Å². The van der Waals surface area contributed by atoms with Gasteiger partial charge in [0.05, 0.1) is 31.8 Å². The van der Waals surface area contributed by atoms with E-state index in [9.17, 15) is 8.42 Å². The highest BCUT2D eigenvalue weighted by molar-refractivity contribution is 7.89. The molecular formula is C12H19NO5S. The molecule has 0 amide bonds. The van der Waals surface area contributed by atoms with Crippen LogP contribution in [0.15, 0.2) is 23.1 Å². The molecule has 0 fully saturated rings. The number of nitrogens with one attached hydrogen (secondary N) is 1. The molecule has 0 saturated carbocycles. The van der Waals surface area contributed by atoms with E-state index in [-0.39, 0.29) is 31.3 Å². The van der Waals surface area contributed by atoms with Gasteiger partial charge in [0.25, 0.3) is 0 Å². The van der Waals surface area contributed by atoms with E-state index in [0.29, 0.717) is 5.75 Å². The molecule has 0 spiro atoms. The summed E-state index contributed by atoms with van der Waals surface area (Å²) < 4.78 is 36.4. The number of methoxy groups -OCH3 is 1. The SMILES string of the molecule is COc1ccc(S(=O)(=O)NCCOCCO)cc1C. The third-order valence-corrected chi connectivity index (χ3v) is 3.91. The third kappa shape index (κ3) is 4.79. The summed E-state index contributed by atoms with van der Waals surface area (Å²) in [6.07, 6.45) is 0. The summed E-state index contributed by atoms with van der Waals surface area (Å²) in [4.78, 5) is 0.188. The molecule has 0 aromatic heterocycles. The predicted octanol–water partition coefficient (Wildman–Crippen LogP) is 0.291. The molecular weight excluding hydrogens is 270 g/mol. The number of aliphatic hydroxyl groups excluding tert-OH is 1. The lowest BCUT2D eigenvalue weighted by Crippen LogP contribution is -2.27. The van der Waals surface area contributed by atoms with Gasteiger partial charge in [-0.2, -0.15) is 0 Å². The maximum Gasteiger partial charge on any atom is 0.240 e. The Morgan fingerprint density at radius 2 is 2.05 bits per heavy atom. The molecule has 1 aromatic carbocycles. The van der Waals surface area contributed by atoms with Gasteiger partial charge >= 0.3 is 0 Å². The second-order valence-electron chi connectivity index (χ2n) is 3.87. The first-order valence-electron chi connectivity index (χ1n) is 5.84. The minimum Gasteiger partial charge on any atom is -0.496 e. The minimum absolute atomic E-state index is 0.0789. The number of sulfonamides is 1. The van der Waals surface area contributed by atoms with Crippen LogP contribution in [0.25, 0.3) is 0 Å². The number of ether oxygens (including phenoxy) is 2. The zero-order valence-corrected chi connectivity index (χ0v) is 11.9. The summed E-state index contributed by atoms with van der Waals surface area (Å²) in [6, 6.07) is 4.66. The summed E-state index contributed by atoms with van der Waals surface area (Å²) in [5, 5.41) is 8.51. The van der Waals surface area contributed by atoms with Gasteiger partial charge in [-0.25, -0.2) is 13.1 Å². The minimum atomic E-state index is -3.54. The summed E-state index contributed by atoms with van der Waals surface area (Å²) in [7, 11) is -2.01. The van der Waals surface area contributed by atoms with Crippen LogP contribution in [-0.2, 0) is 14.8 Å². The normalized spacial score (nSPS) is 11.5. The average molecular weight is 289 g/mol. The molecule has 0 saturated heterocycles. The average Bonchev–Trinajstić information content (AvgIpc) is 2.38. The highest BCUT2D eigenvalue weighted by Crippen LogP contribution is 2.20. The van der Waals surface area contributed by atoms with Crippen LogP contribution < -0.4 is 9.46 Å². The summed E-state index contributed by atoms with van der Waals surface area (Å²) >= 11 is 0. The van der Waals surface area contributed by atoms with Crippen LogP contribution >= 0.6 is 0 Å². The monoisotopic (exact) mass is 289 g/mol. The molecule has 0 heterocycles. The Hall–Kier alpha value is -1.15. The second-order valence-corrected chi connectivity index (χ2v) is 5.63. The zero-order valence-electron chi connectivity index (χ0n) is 11.0. The first-order valence-corrected chi connectivity index (χ1v) is 7.32. The Balaban J connectivity index is 2.64. The van der Waals surface area contributed by atoms with Gasteiger partial charge in [-0.3, -0.25) is 0 Å². The van der Waals surface area contributed by atoms with Crippen molar-refractivity contribution in [2.24, 2.45) is 0 Å². The molecule has 0 aliphatic heterocycles. The van der Waals surface area contributed by atoms with Crippen molar-refractivity contribution >= 4 is 10.0 Å². The van der Waals surface area contributed by atoms with Gasteiger partial charge in [0.15, 0.2) is 0 Å². The Morgan fingerprint density at radius 3 is 2.63 bits per heavy atom. The van der Waals surface area contributed by atoms with Crippen molar-refractivity contribution in [2.45, 2.75) is 11.8 Å². The highest BCUT2D eigenvalue weighted by Gasteiger charge is 2.14. The van der Waals surface area contributed by atoms with E-state index < -0.39 is 10.0 Å². The van der Waals surface area contributed by atoms with E-state index in [1.54, 1.807) is 19.1 Å². The van der Waals surface area contributed by atoms with Gasteiger partial charge in [0.1, 0.15) is 5.75 Å². The smallest absolute Gasteiger partial charge is 0.240 e. The molecule has 19 heavy (non-hydrogen) atoms. The largest absolute Gasteiger partial charge is 0.496 e. The Labute approximate surface area is 113 Å². The number of aliphatic hydroxyl groups is 1. The molecule has 1 aromatic rings. The molecule has 1 rings (SSSR count). The van der Waals surface area contributed by atoms with Gasteiger partial charge < -0.3 is 14.6 Å².